The number of carbonyl (C=O) groups is 1. The Balaban J connectivity index is 1.73. The second kappa shape index (κ2) is 8.75. The van der Waals surface area contributed by atoms with Gasteiger partial charge in [-0.1, -0.05) is 43.3 Å². The van der Waals surface area contributed by atoms with Gasteiger partial charge in [0.1, 0.15) is 10.8 Å². The smallest absolute Gasteiger partial charge is 0.291 e. The van der Waals surface area contributed by atoms with Crippen LogP contribution in [0, 0.1) is 0 Å². The Labute approximate surface area is 173 Å². The van der Waals surface area contributed by atoms with Crippen molar-refractivity contribution in [3.8, 4) is 0 Å². The molecule has 0 saturated heterocycles. The summed E-state index contributed by atoms with van der Waals surface area (Å²) < 4.78 is 5.25. The van der Waals surface area contributed by atoms with Crippen LogP contribution in [0.5, 0.6) is 0 Å². The molecule has 2 N–H and O–H groups in total. The molecule has 0 aliphatic carbocycles. The number of rotatable bonds is 7. The van der Waals surface area contributed by atoms with E-state index in [0.717, 1.165) is 28.4 Å². The number of hydrogen-bond donors (Lipinski definition) is 2. The van der Waals surface area contributed by atoms with Crippen molar-refractivity contribution in [2.75, 3.05) is 10.6 Å². The molecule has 1 atom stereocenters. The van der Waals surface area contributed by atoms with Gasteiger partial charge >= 0.3 is 0 Å². The molecule has 4 rings (SSSR count). The Bertz CT molecular complexity index is 1060. The van der Waals surface area contributed by atoms with Crippen molar-refractivity contribution in [2.45, 2.75) is 19.4 Å². The number of nitrogens with one attached hydrogen (secondary N) is 2. The monoisotopic (exact) mass is 403 g/mol. The SMILES string of the molecule is CCc1cc([C@@H](Nc2ccccn2)c2ccccc2)c(NC(=O)c2ccco2)s1. The quantitative estimate of drug-likeness (QED) is 0.412. The molecule has 29 heavy (non-hydrogen) atoms. The maximum Gasteiger partial charge on any atom is 0.291 e. The van der Waals surface area contributed by atoms with Crippen molar-refractivity contribution >= 4 is 28.1 Å². The van der Waals surface area contributed by atoms with Crippen molar-refractivity contribution in [1.82, 2.24) is 4.98 Å². The van der Waals surface area contributed by atoms with Crippen molar-refractivity contribution in [1.29, 1.82) is 0 Å². The average molecular weight is 404 g/mol. The first kappa shape index (κ1) is 19.0. The third kappa shape index (κ3) is 4.38. The molecule has 0 fully saturated rings. The fourth-order valence-corrected chi connectivity index (χ4v) is 4.13. The van der Waals surface area contributed by atoms with Gasteiger partial charge in [0.15, 0.2) is 5.76 Å². The van der Waals surface area contributed by atoms with E-state index in [2.05, 4.69) is 40.7 Å². The van der Waals surface area contributed by atoms with Crippen LogP contribution < -0.4 is 10.6 Å². The van der Waals surface area contributed by atoms with Gasteiger partial charge in [0, 0.05) is 16.6 Å². The highest BCUT2D eigenvalue weighted by Crippen LogP contribution is 2.38. The second-order valence-corrected chi connectivity index (χ2v) is 7.62. The summed E-state index contributed by atoms with van der Waals surface area (Å²) in [7, 11) is 0. The molecular weight excluding hydrogens is 382 g/mol. The van der Waals surface area contributed by atoms with E-state index < -0.39 is 0 Å². The Hall–Kier alpha value is -3.38. The largest absolute Gasteiger partial charge is 0.459 e. The van der Waals surface area contributed by atoms with Crippen molar-refractivity contribution in [3.05, 3.63) is 101 Å². The van der Waals surface area contributed by atoms with Gasteiger partial charge in [-0.05, 0) is 42.3 Å². The first-order chi connectivity index (χ1) is 14.2. The summed E-state index contributed by atoms with van der Waals surface area (Å²) in [6.07, 6.45) is 4.14. The van der Waals surface area contributed by atoms with Gasteiger partial charge in [-0.2, -0.15) is 0 Å². The van der Waals surface area contributed by atoms with E-state index in [1.165, 1.54) is 11.1 Å². The third-order valence-corrected chi connectivity index (χ3v) is 5.74. The molecule has 3 aromatic heterocycles. The number of pyridine rings is 1. The molecule has 0 radical (unpaired) electrons. The number of aryl methyl sites for hydroxylation is 1. The van der Waals surface area contributed by atoms with Gasteiger partial charge in [0.2, 0.25) is 0 Å². The maximum absolute atomic E-state index is 12.6. The van der Waals surface area contributed by atoms with Crippen LogP contribution in [0.15, 0.2) is 83.6 Å². The molecule has 4 aromatic rings. The first-order valence-electron chi connectivity index (χ1n) is 9.44. The summed E-state index contributed by atoms with van der Waals surface area (Å²) in [6, 6.07) is 21.3. The van der Waals surface area contributed by atoms with E-state index in [-0.39, 0.29) is 17.7 Å². The lowest BCUT2D eigenvalue weighted by molar-refractivity contribution is 0.0997. The summed E-state index contributed by atoms with van der Waals surface area (Å²) >= 11 is 1.58. The summed E-state index contributed by atoms with van der Waals surface area (Å²) in [5, 5.41) is 7.35. The van der Waals surface area contributed by atoms with Gasteiger partial charge in [0.25, 0.3) is 5.91 Å². The van der Waals surface area contributed by atoms with Gasteiger partial charge in [-0.3, -0.25) is 4.79 Å². The van der Waals surface area contributed by atoms with Crippen LogP contribution in [0.1, 0.15) is 39.5 Å². The van der Waals surface area contributed by atoms with Gasteiger partial charge in [-0.25, -0.2) is 4.98 Å². The van der Waals surface area contributed by atoms with E-state index in [1.54, 1.807) is 29.7 Å². The maximum atomic E-state index is 12.6. The molecule has 0 aliphatic heterocycles. The van der Waals surface area contributed by atoms with Crippen molar-refractivity contribution < 1.29 is 9.21 Å². The lowest BCUT2D eigenvalue weighted by Gasteiger charge is -2.21. The number of nitrogens with zero attached hydrogens (tertiary/aromatic N) is 1. The predicted octanol–water partition coefficient (Wildman–Crippen LogP) is 5.75. The van der Waals surface area contributed by atoms with E-state index in [0.29, 0.717) is 0 Å². The van der Waals surface area contributed by atoms with Crippen LogP contribution in [-0.4, -0.2) is 10.9 Å². The lowest BCUT2D eigenvalue weighted by atomic mass is 9.99. The fourth-order valence-electron chi connectivity index (χ4n) is 3.10. The van der Waals surface area contributed by atoms with E-state index in [1.807, 2.05) is 36.4 Å². The molecule has 0 unspecified atom stereocenters. The van der Waals surface area contributed by atoms with E-state index in [9.17, 15) is 4.79 Å². The molecule has 1 aromatic carbocycles. The Kier molecular flexibility index (Phi) is 5.72. The molecule has 3 heterocycles. The minimum atomic E-state index is -0.259. The summed E-state index contributed by atoms with van der Waals surface area (Å²) in [5.74, 6) is 0.802. The number of thiophene rings is 1. The highest BCUT2D eigenvalue weighted by Gasteiger charge is 2.23. The highest BCUT2D eigenvalue weighted by atomic mass is 32.1. The molecule has 5 nitrogen and oxygen atoms in total. The molecule has 146 valence electrons. The normalized spacial score (nSPS) is 11.8. The van der Waals surface area contributed by atoms with Crippen LogP contribution in [0.4, 0.5) is 10.8 Å². The zero-order chi connectivity index (χ0) is 20.1. The van der Waals surface area contributed by atoms with Gasteiger partial charge < -0.3 is 15.1 Å². The van der Waals surface area contributed by atoms with Crippen LogP contribution in [0.25, 0.3) is 0 Å². The Morgan fingerprint density at radius 2 is 1.93 bits per heavy atom. The molecule has 0 saturated carbocycles. The van der Waals surface area contributed by atoms with Crippen LogP contribution >= 0.6 is 11.3 Å². The third-order valence-electron chi connectivity index (χ3n) is 4.53. The molecule has 1 amide bonds. The van der Waals surface area contributed by atoms with Crippen molar-refractivity contribution in [2.24, 2.45) is 0 Å². The number of benzene rings is 1. The molecular formula is C23H21N3O2S. The van der Waals surface area contributed by atoms with E-state index >= 15 is 0 Å². The number of amides is 1. The number of carbonyl (C=O) groups excluding carboxylic acids is 1. The number of aromatic nitrogens is 1. The van der Waals surface area contributed by atoms with Crippen molar-refractivity contribution in [3.63, 3.8) is 0 Å². The molecule has 0 spiro atoms. The predicted molar refractivity (Wildman–Crippen MR) is 117 cm³/mol. The first-order valence-corrected chi connectivity index (χ1v) is 10.3. The van der Waals surface area contributed by atoms with E-state index in [4.69, 9.17) is 4.42 Å². The lowest BCUT2D eigenvalue weighted by Crippen LogP contribution is -2.16. The second-order valence-electron chi connectivity index (χ2n) is 6.49. The molecule has 6 heteroatoms. The van der Waals surface area contributed by atoms with Gasteiger partial charge in [-0.15, -0.1) is 11.3 Å². The van der Waals surface area contributed by atoms with Crippen LogP contribution in [-0.2, 0) is 6.42 Å². The number of hydrogen-bond acceptors (Lipinski definition) is 5. The zero-order valence-electron chi connectivity index (χ0n) is 16.0. The molecule has 0 bridgehead atoms. The average Bonchev–Trinajstić information content (AvgIpc) is 3.44. The van der Waals surface area contributed by atoms with Crippen LogP contribution in [0.3, 0.4) is 0 Å². The number of furan rings is 1. The minimum absolute atomic E-state index is 0.158. The Morgan fingerprint density at radius 3 is 2.62 bits per heavy atom. The topological polar surface area (TPSA) is 67.2 Å². The Morgan fingerprint density at radius 1 is 1.10 bits per heavy atom. The molecule has 0 aliphatic rings. The minimum Gasteiger partial charge on any atom is -0.459 e. The van der Waals surface area contributed by atoms with Crippen LogP contribution in [0.2, 0.25) is 0 Å². The fraction of sp³-hybridized carbons (Fsp3) is 0.130. The standard InChI is InChI=1S/C23H21N3O2S/c1-2-17-15-18(23(29-17)26-22(27)19-11-8-14-28-19)21(16-9-4-3-5-10-16)25-20-12-6-7-13-24-20/h3-15,21H,2H2,1H3,(H,24,25)(H,26,27)/t21-/m0/s1. The summed E-state index contributed by atoms with van der Waals surface area (Å²) in [5.41, 5.74) is 2.09. The van der Waals surface area contributed by atoms with Gasteiger partial charge in [0.05, 0.1) is 12.3 Å². The summed E-state index contributed by atoms with van der Waals surface area (Å²) in [4.78, 5) is 18.2. The highest BCUT2D eigenvalue weighted by molar-refractivity contribution is 7.16. The summed E-state index contributed by atoms with van der Waals surface area (Å²) in [6.45, 7) is 2.11. The number of anilines is 2. The zero-order valence-corrected chi connectivity index (χ0v) is 16.8.